The lowest BCUT2D eigenvalue weighted by Gasteiger charge is -2.06. The van der Waals surface area contributed by atoms with E-state index in [4.69, 9.17) is 9.47 Å². The third-order valence-corrected chi connectivity index (χ3v) is 1.92. The number of rotatable bonds is 5. The predicted molar refractivity (Wildman–Crippen MR) is 59.9 cm³/mol. The van der Waals surface area contributed by atoms with Gasteiger partial charge in [-0.2, -0.15) is 0 Å². The molecule has 0 aromatic heterocycles. The van der Waals surface area contributed by atoms with Crippen LogP contribution in [-0.4, -0.2) is 32.3 Å². The van der Waals surface area contributed by atoms with Gasteiger partial charge >= 0.3 is 11.9 Å². The topological polar surface area (TPSA) is 61.8 Å². The molecule has 0 saturated heterocycles. The molecule has 0 heterocycles. The predicted octanol–water partition coefficient (Wildman–Crippen LogP) is 1.42. The quantitative estimate of drug-likeness (QED) is 0.726. The van der Waals surface area contributed by atoms with Gasteiger partial charge in [0, 0.05) is 0 Å². The number of benzene rings is 1. The van der Waals surface area contributed by atoms with Crippen molar-refractivity contribution in [2.45, 2.75) is 6.92 Å². The van der Waals surface area contributed by atoms with Crippen LogP contribution in [0, 0.1) is 0 Å². The summed E-state index contributed by atoms with van der Waals surface area (Å²) in [5.74, 6) is -0.483. The number of carbonyl (C=O) groups excluding carboxylic acids is 2. The fourth-order valence-electron chi connectivity index (χ4n) is 1.18. The second-order valence-electron chi connectivity index (χ2n) is 3.11. The zero-order valence-corrected chi connectivity index (χ0v) is 9.76. The Kier molecular flexibility index (Phi) is 5.00. The summed E-state index contributed by atoms with van der Waals surface area (Å²) >= 11 is 0. The van der Waals surface area contributed by atoms with E-state index in [1.807, 2.05) is 0 Å². The molecule has 5 heteroatoms. The average molecular weight is 238 g/mol. The van der Waals surface area contributed by atoms with Crippen LogP contribution < -0.4 is 4.74 Å². The number of methoxy groups -OCH3 is 1. The highest BCUT2D eigenvalue weighted by atomic mass is 16.6. The molecule has 0 N–H and O–H groups in total. The summed E-state index contributed by atoms with van der Waals surface area (Å²) in [6.07, 6.45) is 0. The van der Waals surface area contributed by atoms with Crippen LogP contribution in [0.4, 0.5) is 0 Å². The van der Waals surface area contributed by atoms with Crippen molar-refractivity contribution in [3.63, 3.8) is 0 Å². The smallest absolute Gasteiger partial charge is 0.344 e. The van der Waals surface area contributed by atoms with E-state index >= 15 is 0 Å². The van der Waals surface area contributed by atoms with Crippen molar-refractivity contribution >= 4 is 11.9 Å². The molecule has 0 bridgehead atoms. The first kappa shape index (κ1) is 13.0. The number of carbonyl (C=O) groups is 2. The summed E-state index contributed by atoms with van der Waals surface area (Å²) in [5, 5.41) is 0. The zero-order chi connectivity index (χ0) is 12.7. The molecule has 5 nitrogen and oxygen atoms in total. The van der Waals surface area contributed by atoms with Crippen molar-refractivity contribution < 1.29 is 23.8 Å². The molecular weight excluding hydrogens is 224 g/mol. The van der Waals surface area contributed by atoms with Crippen LogP contribution in [0.1, 0.15) is 17.3 Å². The Hall–Kier alpha value is -2.04. The molecule has 0 unspecified atom stereocenters. The van der Waals surface area contributed by atoms with E-state index in [0.29, 0.717) is 17.9 Å². The van der Waals surface area contributed by atoms with Crippen LogP contribution >= 0.6 is 0 Å². The molecule has 1 aromatic rings. The van der Waals surface area contributed by atoms with Crippen LogP contribution in [0.5, 0.6) is 5.75 Å². The highest BCUT2D eigenvalue weighted by Gasteiger charge is 2.07. The Bertz CT molecular complexity index is 400. The monoisotopic (exact) mass is 238 g/mol. The normalized spacial score (nSPS) is 9.53. The minimum absolute atomic E-state index is 0.182. The van der Waals surface area contributed by atoms with E-state index in [2.05, 4.69) is 4.74 Å². The van der Waals surface area contributed by atoms with Crippen molar-refractivity contribution in [2.75, 3.05) is 20.3 Å². The maximum atomic E-state index is 11.2. The van der Waals surface area contributed by atoms with Crippen molar-refractivity contribution in [1.29, 1.82) is 0 Å². The maximum absolute atomic E-state index is 11.2. The van der Waals surface area contributed by atoms with Gasteiger partial charge in [0.1, 0.15) is 5.75 Å². The van der Waals surface area contributed by atoms with E-state index in [-0.39, 0.29) is 6.61 Å². The van der Waals surface area contributed by atoms with Gasteiger partial charge in [0.05, 0.1) is 19.3 Å². The van der Waals surface area contributed by atoms with Gasteiger partial charge < -0.3 is 14.2 Å². The highest BCUT2D eigenvalue weighted by molar-refractivity contribution is 5.89. The zero-order valence-electron chi connectivity index (χ0n) is 9.76. The Morgan fingerprint density at radius 1 is 1.29 bits per heavy atom. The van der Waals surface area contributed by atoms with E-state index < -0.39 is 11.9 Å². The highest BCUT2D eigenvalue weighted by Crippen LogP contribution is 2.13. The van der Waals surface area contributed by atoms with E-state index in [1.165, 1.54) is 13.2 Å². The van der Waals surface area contributed by atoms with Crippen LogP contribution in [0.15, 0.2) is 24.3 Å². The molecule has 1 aromatic carbocycles. The largest absolute Gasteiger partial charge is 0.482 e. The fraction of sp³-hybridized carbons (Fsp3) is 0.333. The minimum Gasteiger partial charge on any atom is -0.482 e. The van der Waals surface area contributed by atoms with Crippen molar-refractivity contribution in [1.82, 2.24) is 0 Å². The number of esters is 2. The third-order valence-electron chi connectivity index (χ3n) is 1.92. The SMILES string of the molecule is CCOC(=O)COc1cccc(C(=O)OC)c1. The van der Waals surface area contributed by atoms with E-state index in [0.717, 1.165) is 0 Å². The molecule has 17 heavy (non-hydrogen) atoms. The molecule has 0 atom stereocenters. The van der Waals surface area contributed by atoms with E-state index in [1.54, 1.807) is 25.1 Å². The molecule has 92 valence electrons. The molecule has 0 amide bonds. The van der Waals surface area contributed by atoms with Crippen molar-refractivity contribution in [3.05, 3.63) is 29.8 Å². The average Bonchev–Trinajstić information content (AvgIpc) is 2.36. The number of hydrogen-bond acceptors (Lipinski definition) is 5. The van der Waals surface area contributed by atoms with Crippen LogP contribution in [0.2, 0.25) is 0 Å². The first-order chi connectivity index (χ1) is 8.17. The van der Waals surface area contributed by atoms with Gasteiger partial charge in [0.25, 0.3) is 0 Å². The van der Waals surface area contributed by atoms with Crippen LogP contribution in [0.25, 0.3) is 0 Å². The third kappa shape index (κ3) is 4.14. The fourth-order valence-corrected chi connectivity index (χ4v) is 1.18. The molecule has 0 saturated carbocycles. The Morgan fingerprint density at radius 2 is 2.06 bits per heavy atom. The van der Waals surface area contributed by atoms with Crippen LogP contribution in [0.3, 0.4) is 0 Å². The standard InChI is InChI=1S/C12H14O5/c1-3-16-11(13)8-17-10-6-4-5-9(7-10)12(14)15-2/h4-7H,3,8H2,1-2H3. The summed E-state index contributed by atoms with van der Waals surface area (Å²) in [4.78, 5) is 22.3. The van der Waals surface area contributed by atoms with Gasteiger partial charge in [-0.3, -0.25) is 0 Å². The summed E-state index contributed by atoms with van der Waals surface area (Å²) in [5.41, 5.74) is 0.369. The Morgan fingerprint density at radius 3 is 2.71 bits per heavy atom. The first-order valence-electron chi connectivity index (χ1n) is 5.14. The summed E-state index contributed by atoms with van der Waals surface area (Å²) in [6, 6.07) is 6.40. The summed E-state index contributed by atoms with van der Waals surface area (Å²) in [6.45, 7) is 1.85. The first-order valence-corrected chi connectivity index (χ1v) is 5.14. The van der Waals surface area contributed by atoms with Gasteiger partial charge in [-0.1, -0.05) is 6.07 Å². The van der Waals surface area contributed by atoms with Crippen molar-refractivity contribution in [3.8, 4) is 5.75 Å². The molecule has 0 aliphatic heterocycles. The minimum atomic E-state index is -0.452. The molecule has 1 rings (SSSR count). The lowest BCUT2D eigenvalue weighted by molar-refractivity contribution is -0.145. The second kappa shape index (κ2) is 6.52. The Labute approximate surface area is 99.3 Å². The Balaban J connectivity index is 2.60. The molecule has 0 spiro atoms. The molecule has 0 aliphatic carbocycles. The van der Waals surface area contributed by atoms with Gasteiger partial charge in [-0.05, 0) is 25.1 Å². The van der Waals surface area contributed by atoms with Gasteiger partial charge in [-0.25, -0.2) is 9.59 Å². The molecule has 0 fully saturated rings. The number of ether oxygens (including phenoxy) is 3. The summed E-state index contributed by atoms with van der Waals surface area (Å²) < 4.78 is 14.4. The second-order valence-corrected chi connectivity index (χ2v) is 3.11. The van der Waals surface area contributed by atoms with E-state index in [9.17, 15) is 9.59 Å². The lowest BCUT2D eigenvalue weighted by Crippen LogP contribution is -2.14. The van der Waals surface area contributed by atoms with Gasteiger partial charge in [0.15, 0.2) is 6.61 Å². The van der Waals surface area contributed by atoms with Gasteiger partial charge in [-0.15, -0.1) is 0 Å². The van der Waals surface area contributed by atoms with Gasteiger partial charge in [0.2, 0.25) is 0 Å². The molecule has 0 aliphatic rings. The molecule has 0 radical (unpaired) electrons. The number of hydrogen-bond donors (Lipinski definition) is 0. The molecular formula is C12H14O5. The van der Waals surface area contributed by atoms with Crippen molar-refractivity contribution in [2.24, 2.45) is 0 Å². The lowest BCUT2D eigenvalue weighted by atomic mass is 10.2. The maximum Gasteiger partial charge on any atom is 0.344 e. The summed E-state index contributed by atoms with van der Waals surface area (Å²) in [7, 11) is 1.30. The van der Waals surface area contributed by atoms with Crippen LogP contribution in [-0.2, 0) is 14.3 Å².